The lowest BCUT2D eigenvalue weighted by Gasteiger charge is -2.28. The fourth-order valence-corrected chi connectivity index (χ4v) is 7.56. The number of piperidine rings is 1. The van der Waals surface area contributed by atoms with E-state index in [1.807, 2.05) is 59.2 Å². The Bertz CT molecular complexity index is 1740. The minimum absolute atomic E-state index is 0.0497. The average Bonchev–Trinajstić information content (AvgIpc) is 3.67. The van der Waals surface area contributed by atoms with E-state index in [1.165, 1.54) is 0 Å². The van der Waals surface area contributed by atoms with Gasteiger partial charge in [-0.05, 0) is 111 Å². The summed E-state index contributed by atoms with van der Waals surface area (Å²) in [5.41, 5.74) is 9.05. The molecule has 2 saturated heterocycles. The van der Waals surface area contributed by atoms with Gasteiger partial charge in [0.15, 0.2) is 0 Å². The quantitative estimate of drug-likeness (QED) is 0.214. The Balaban J connectivity index is 1.31. The van der Waals surface area contributed by atoms with E-state index in [-0.39, 0.29) is 18.3 Å². The number of fused-ring (bicyclic) bond motifs is 2. The van der Waals surface area contributed by atoms with Gasteiger partial charge in [-0.25, -0.2) is 18.2 Å². The van der Waals surface area contributed by atoms with E-state index in [1.54, 1.807) is 0 Å². The van der Waals surface area contributed by atoms with Gasteiger partial charge in [0.25, 0.3) is 0 Å². The van der Waals surface area contributed by atoms with Crippen molar-refractivity contribution < 1.29 is 17.9 Å². The monoisotopic (exact) mass is 618 g/mol. The number of carbonyl (C=O) groups is 1. The molecule has 2 aromatic carbocycles. The predicted octanol–water partition coefficient (Wildman–Crippen LogP) is 4.08. The molecular formula is C33H42N6O4S. The number of benzene rings is 2. The van der Waals surface area contributed by atoms with Crippen LogP contribution in [0.4, 0.5) is 5.69 Å². The Morgan fingerprint density at radius 3 is 2.68 bits per heavy atom. The van der Waals surface area contributed by atoms with Gasteiger partial charge >= 0.3 is 5.97 Å². The molecule has 4 aromatic rings. The number of ether oxygens (including phenoxy) is 1. The van der Waals surface area contributed by atoms with Gasteiger partial charge in [0.1, 0.15) is 11.3 Å². The molecule has 0 unspecified atom stereocenters. The summed E-state index contributed by atoms with van der Waals surface area (Å²) >= 11 is 0. The lowest BCUT2D eigenvalue weighted by atomic mass is 9.98. The summed E-state index contributed by atoms with van der Waals surface area (Å²) in [6.07, 6.45) is 4.65. The Labute approximate surface area is 259 Å². The number of nitrogens with one attached hydrogen (secondary N) is 2. The third kappa shape index (κ3) is 7.07. The third-order valence-corrected chi connectivity index (χ3v) is 10.3. The highest BCUT2D eigenvalue weighted by molar-refractivity contribution is 7.92. The highest BCUT2D eigenvalue weighted by Gasteiger charge is 2.24. The van der Waals surface area contributed by atoms with E-state index >= 15 is 0 Å². The topological polar surface area (TPSA) is 132 Å². The summed E-state index contributed by atoms with van der Waals surface area (Å²) in [5.74, 6) is -0.000317. The largest absolute Gasteiger partial charge is 0.461 e. The van der Waals surface area contributed by atoms with Crippen molar-refractivity contribution in [3.05, 3.63) is 71.5 Å². The van der Waals surface area contributed by atoms with E-state index in [0.717, 1.165) is 67.0 Å². The Kier molecular flexibility index (Phi) is 9.18. The highest BCUT2D eigenvalue weighted by Crippen LogP contribution is 2.29. The molecule has 4 N–H and O–H groups in total. The molecule has 2 aliphatic rings. The molecule has 0 saturated carbocycles. The summed E-state index contributed by atoms with van der Waals surface area (Å²) in [5, 5.41) is 6.05. The van der Waals surface area contributed by atoms with Crippen molar-refractivity contribution in [3.8, 4) is 0 Å². The van der Waals surface area contributed by atoms with Crippen LogP contribution in [0.25, 0.3) is 21.8 Å². The molecule has 2 aliphatic heterocycles. The van der Waals surface area contributed by atoms with Gasteiger partial charge in [-0.1, -0.05) is 24.3 Å². The minimum Gasteiger partial charge on any atom is -0.461 e. The molecule has 0 aliphatic carbocycles. The van der Waals surface area contributed by atoms with Crippen LogP contribution in [-0.2, 0) is 27.8 Å². The highest BCUT2D eigenvalue weighted by atomic mass is 32.2. The molecule has 10 nitrogen and oxygen atoms in total. The maximum atomic E-state index is 13.6. The number of nitrogens with zero attached hydrogens (tertiary/aromatic N) is 3. The van der Waals surface area contributed by atoms with Crippen LogP contribution in [0.5, 0.6) is 0 Å². The summed E-state index contributed by atoms with van der Waals surface area (Å²) in [6, 6.07) is 17.4. The lowest BCUT2D eigenvalue weighted by Crippen LogP contribution is -2.32. The summed E-state index contributed by atoms with van der Waals surface area (Å²) in [7, 11) is -1.44. The first-order chi connectivity index (χ1) is 21.3. The summed E-state index contributed by atoms with van der Waals surface area (Å²) < 4.78 is 36.8. The number of hydrogen-bond donors (Lipinski definition) is 3. The predicted molar refractivity (Wildman–Crippen MR) is 174 cm³/mol. The average molecular weight is 619 g/mol. The van der Waals surface area contributed by atoms with Crippen LogP contribution in [0.15, 0.2) is 54.6 Å². The van der Waals surface area contributed by atoms with Crippen LogP contribution in [-0.4, -0.2) is 73.9 Å². The minimum atomic E-state index is -3.56. The number of likely N-dealkylation sites (tertiary alicyclic amines) is 1. The molecule has 234 valence electrons. The normalized spacial score (nSPS) is 18.3. The van der Waals surface area contributed by atoms with Gasteiger partial charge in [-0.3, -0.25) is 4.72 Å². The number of rotatable bonds is 11. The molecule has 4 heterocycles. The number of aromatic nitrogens is 2. The Morgan fingerprint density at radius 2 is 1.91 bits per heavy atom. The number of hydrogen-bond acceptors (Lipinski definition) is 8. The molecule has 0 bridgehead atoms. The number of pyridine rings is 1. The first-order valence-electron chi connectivity index (χ1n) is 15.6. The standard InChI is InChI=1S/C33H42N6O4S/c1-38-14-10-23(11-15-38)22-43-33(40)31-19-25-8-9-28(20-34)36-32(25)39(31)21-26-18-29(17-24-5-2-3-7-30(24)26)37-44(41,42)16-12-27-6-4-13-35-27/h2-3,5,7-9,17-19,23,27,35,37H,4,6,10-16,20-22,34H2,1H3/t27-/m1/s1. The second kappa shape index (κ2) is 13.2. The zero-order valence-electron chi connectivity index (χ0n) is 25.3. The molecule has 1 atom stereocenters. The van der Waals surface area contributed by atoms with E-state index in [0.29, 0.717) is 48.2 Å². The van der Waals surface area contributed by atoms with Gasteiger partial charge < -0.3 is 25.3 Å². The van der Waals surface area contributed by atoms with Gasteiger partial charge in [0, 0.05) is 23.7 Å². The third-order valence-electron chi connectivity index (χ3n) is 8.95. The Hall–Kier alpha value is -3.51. The molecule has 0 amide bonds. The first kappa shape index (κ1) is 30.5. The van der Waals surface area contributed by atoms with E-state index in [9.17, 15) is 13.2 Å². The lowest BCUT2D eigenvalue weighted by molar-refractivity contribution is 0.0373. The van der Waals surface area contributed by atoms with Gasteiger partial charge in [-0.2, -0.15) is 0 Å². The summed E-state index contributed by atoms with van der Waals surface area (Å²) in [6.45, 7) is 3.89. The van der Waals surface area contributed by atoms with Crippen LogP contribution in [0.2, 0.25) is 0 Å². The van der Waals surface area contributed by atoms with E-state index < -0.39 is 16.0 Å². The van der Waals surface area contributed by atoms with Crippen LogP contribution >= 0.6 is 0 Å². The second-order valence-electron chi connectivity index (χ2n) is 12.2. The van der Waals surface area contributed by atoms with Crippen molar-refractivity contribution in [3.63, 3.8) is 0 Å². The molecule has 0 spiro atoms. The zero-order valence-corrected chi connectivity index (χ0v) is 26.1. The van der Waals surface area contributed by atoms with Crippen LogP contribution in [0.3, 0.4) is 0 Å². The maximum Gasteiger partial charge on any atom is 0.355 e. The number of anilines is 1. The van der Waals surface area contributed by atoms with Crippen molar-refractivity contribution in [2.24, 2.45) is 11.7 Å². The fraction of sp³-hybridized carbons (Fsp3) is 0.455. The second-order valence-corrected chi connectivity index (χ2v) is 14.1. The smallest absolute Gasteiger partial charge is 0.355 e. The van der Waals surface area contributed by atoms with Gasteiger partial charge in [0.2, 0.25) is 10.0 Å². The zero-order chi connectivity index (χ0) is 30.7. The summed E-state index contributed by atoms with van der Waals surface area (Å²) in [4.78, 5) is 20.7. The fourth-order valence-electron chi connectivity index (χ4n) is 6.39. The molecule has 44 heavy (non-hydrogen) atoms. The van der Waals surface area contributed by atoms with Crippen molar-refractivity contribution in [1.29, 1.82) is 0 Å². The molecule has 2 aromatic heterocycles. The SMILES string of the molecule is CN1CCC(COC(=O)c2cc3ccc(CN)nc3n2Cc2cc(NS(=O)(=O)CC[C@H]3CCCN3)cc3ccccc23)CC1. The van der Waals surface area contributed by atoms with Crippen molar-refractivity contribution in [2.45, 2.75) is 51.2 Å². The van der Waals surface area contributed by atoms with Crippen molar-refractivity contribution in [1.82, 2.24) is 19.8 Å². The molecule has 6 rings (SSSR count). The molecule has 2 fully saturated rings. The molecular weight excluding hydrogens is 576 g/mol. The number of carbonyl (C=O) groups excluding carboxylic acids is 1. The van der Waals surface area contributed by atoms with Gasteiger partial charge in [-0.15, -0.1) is 0 Å². The van der Waals surface area contributed by atoms with Crippen molar-refractivity contribution >= 4 is 43.5 Å². The number of nitrogens with two attached hydrogens (primary N) is 1. The number of sulfonamides is 1. The maximum absolute atomic E-state index is 13.6. The van der Waals surface area contributed by atoms with Crippen LogP contribution in [0.1, 0.15) is 53.8 Å². The van der Waals surface area contributed by atoms with Gasteiger partial charge in [0.05, 0.1) is 24.6 Å². The molecule has 0 radical (unpaired) electrons. The number of esters is 1. The van der Waals surface area contributed by atoms with Crippen LogP contribution in [0, 0.1) is 5.92 Å². The van der Waals surface area contributed by atoms with Crippen molar-refractivity contribution in [2.75, 3.05) is 43.8 Å². The van der Waals surface area contributed by atoms with Crippen LogP contribution < -0.4 is 15.8 Å². The van der Waals surface area contributed by atoms with E-state index in [4.69, 9.17) is 15.5 Å². The Morgan fingerprint density at radius 1 is 1.09 bits per heavy atom. The molecule has 11 heteroatoms. The van der Waals surface area contributed by atoms with E-state index in [2.05, 4.69) is 22.0 Å². The first-order valence-corrected chi connectivity index (χ1v) is 17.2.